The first-order valence-electron chi connectivity index (χ1n) is 5.63. The number of benzene rings is 1. The SMILES string of the molecule is OC(c1ccc(C(F)(F)F)c(F)c1)C1COCCO1. The molecule has 1 N–H and O–H groups in total. The molecule has 1 heterocycles. The minimum atomic E-state index is -4.75. The Bertz CT molecular complexity index is 441. The zero-order valence-electron chi connectivity index (χ0n) is 9.78. The second-order valence-electron chi connectivity index (χ2n) is 4.17. The molecule has 19 heavy (non-hydrogen) atoms. The normalized spacial score (nSPS) is 22.3. The van der Waals surface area contributed by atoms with Gasteiger partial charge in [0.25, 0.3) is 0 Å². The highest BCUT2D eigenvalue weighted by atomic mass is 19.4. The van der Waals surface area contributed by atoms with Gasteiger partial charge in [0.2, 0.25) is 0 Å². The summed E-state index contributed by atoms with van der Waals surface area (Å²) in [5.41, 5.74) is -1.33. The van der Waals surface area contributed by atoms with E-state index in [9.17, 15) is 22.7 Å². The maximum atomic E-state index is 13.4. The van der Waals surface area contributed by atoms with Gasteiger partial charge in [-0.2, -0.15) is 13.2 Å². The second kappa shape index (κ2) is 5.44. The van der Waals surface area contributed by atoms with Crippen LogP contribution in [0.5, 0.6) is 0 Å². The average molecular weight is 280 g/mol. The topological polar surface area (TPSA) is 38.7 Å². The van der Waals surface area contributed by atoms with Crippen molar-refractivity contribution in [2.75, 3.05) is 19.8 Å². The van der Waals surface area contributed by atoms with Crippen molar-refractivity contribution in [3.63, 3.8) is 0 Å². The fourth-order valence-corrected chi connectivity index (χ4v) is 1.85. The summed E-state index contributed by atoms with van der Waals surface area (Å²) < 4.78 is 60.8. The van der Waals surface area contributed by atoms with E-state index in [1.165, 1.54) is 0 Å². The van der Waals surface area contributed by atoms with Crippen LogP contribution >= 0.6 is 0 Å². The Kier molecular flexibility index (Phi) is 4.07. The van der Waals surface area contributed by atoms with Crippen LogP contribution in [0.3, 0.4) is 0 Å². The van der Waals surface area contributed by atoms with Crippen LogP contribution in [0.15, 0.2) is 18.2 Å². The number of rotatable bonds is 2. The summed E-state index contributed by atoms with van der Waals surface area (Å²) in [4.78, 5) is 0. The fraction of sp³-hybridized carbons (Fsp3) is 0.500. The molecule has 0 aromatic heterocycles. The smallest absolute Gasteiger partial charge is 0.386 e. The Balaban J connectivity index is 2.19. The van der Waals surface area contributed by atoms with Gasteiger partial charge in [-0.05, 0) is 17.7 Å². The number of aliphatic hydroxyl groups is 1. The Labute approximate surface area is 106 Å². The first-order valence-corrected chi connectivity index (χ1v) is 5.63. The largest absolute Gasteiger partial charge is 0.419 e. The van der Waals surface area contributed by atoms with Crippen molar-refractivity contribution in [3.05, 3.63) is 35.1 Å². The molecule has 0 amide bonds. The zero-order chi connectivity index (χ0) is 14.0. The molecule has 1 saturated heterocycles. The number of halogens is 4. The van der Waals surface area contributed by atoms with Gasteiger partial charge in [-0.1, -0.05) is 6.07 Å². The Hall–Kier alpha value is -1.18. The van der Waals surface area contributed by atoms with Crippen LogP contribution in [-0.2, 0) is 15.7 Å². The van der Waals surface area contributed by atoms with Crippen LogP contribution in [0.25, 0.3) is 0 Å². The van der Waals surface area contributed by atoms with E-state index in [0.29, 0.717) is 18.7 Å². The highest BCUT2D eigenvalue weighted by Crippen LogP contribution is 2.33. The van der Waals surface area contributed by atoms with E-state index in [1.807, 2.05) is 0 Å². The molecule has 0 saturated carbocycles. The molecule has 0 spiro atoms. The Morgan fingerprint density at radius 1 is 1.26 bits per heavy atom. The molecule has 1 aromatic rings. The third kappa shape index (κ3) is 3.23. The molecule has 3 nitrogen and oxygen atoms in total. The van der Waals surface area contributed by atoms with Crippen LogP contribution in [-0.4, -0.2) is 31.0 Å². The molecule has 1 fully saturated rings. The van der Waals surface area contributed by atoms with Gasteiger partial charge >= 0.3 is 6.18 Å². The van der Waals surface area contributed by atoms with Gasteiger partial charge in [-0.3, -0.25) is 0 Å². The van der Waals surface area contributed by atoms with Gasteiger partial charge in [-0.25, -0.2) is 4.39 Å². The Morgan fingerprint density at radius 2 is 2.00 bits per heavy atom. The standard InChI is InChI=1S/C12H12F4O3/c13-9-5-7(1-2-8(9)12(14,15)16)11(17)10-6-18-3-4-19-10/h1-2,5,10-11,17H,3-4,6H2. The number of ether oxygens (including phenoxy) is 2. The predicted molar refractivity (Wildman–Crippen MR) is 56.9 cm³/mol. The van der Waals surface area contributed by atoms with Crippen LogP contribution in [0, 0.1) is 5.82 Å². The summed E-state index contributed by atoms with van der Waals surface area (Å²) in [6.45, 7) is 0.791. The van der Waals surface area contributed by atoms with E-state index in [2.05, 4.69) is 0 Å². The van der Waals surface area contributed by atoms with Crippen molar-refractivity contribution >= 4 is 0 Å². The summed E-state index contributed by atoms with van der Waals surface area (Å²) in [6, 6.07) is 2.32. The van der Waals surface area contributed by atoms with E-state index in [0.717, 1.165) is 6.07 Å². The maximum absolute atomic E-state index is 13.4. The molecule has 1 aromatic carbocycles. The first kappa shape index (κ1) is 14.2. The minimum absolute atomic E-state index is 0.0287. The molecule has 1 aliphatic heterocycles. The fourth-order valence-electron chi connectivity index (χ4n) is 1.85. The van der Waals surface area contributed by atoms with Gasteiger partial charge < -0.3 is 14.6 Å². The lowest BCUT2D eigenvalue weighted by Crippen LogP contribution is -2.33. The lowest BCUT2D eigenvalue weighted by atomic mass is 10.0. The number of alkyl halides is 3. The molecule has 2 rings (SSSR count). The van der Waals surface area contributed by atoms with Crippen LogP contribution in [0.1, 0.15) is 17.2 Å². The van der Waals surface area contributed by atoms with E-state index < -0.39 is 29.8 Å². The number of hydrogen-bond donors (Lipinski definition) is 1. The third-order valence-electron chi connectivity index (χ3n) is 2.83. The van der Waals surface area contributed by atoms with Crippen LogP contribution < -0.4 is 0 Å². The number of hydrogen-bond acceptors (Lipinski definition) is 3. The molecule has 0 radical (unpaired) electrons. The third-order valence-corrected chi connectivity index (χ3v) is 2.83. The predicted octanol–water partition coefficient (Wildman–Crippen LogP) is 2.29. The highest BCUT2D eigenvalue weighted by Gasteiger charge is 2.35. The highest BCUT2D eigenvalue weighted by molar-refractivity contribution is 5.28. The van der Waals surface area contributed by atoms with Crippen molar-refractivity contribution in [2.24, 2.45) is 0 Å². The van der Waals surface area contributed by atoms with Gasteiger partial charge in [0.15, 0.2) is 0 Å². The van der Waals surface area contributed by atoms with Gasteiger partial charge in [0.05, 0.1) is 25.4 Å². The van der Waals surface area contributed by atoms with Crippen LogP contribution in [0.2, 0.25) is 0 Å². The van der Waals surface area contributed by atoms with Crippen molar-refractivity contribution in [3.8, 4) is 0 Å². The zero-order valence-corrected chi connectivity index (χ0v) is 9.78. The van der Waals surface area contributed by atoms with E-state index in [1.54, 1.807) is 0 Å². The lowest BCUT2D eigenvalue weighted by molar-refractivity contribution is -0.140. The van der Waals surface area contributed by atoms with E-state index >= 15 is 0 Å². The Morgan fingerprint density at radius 3 is 2.53 bits per heavy atom. The summed E-state index contributed by atoms with van der Waals surface area (Å²) >= 11 is 0. The molecular formula is C12H12F4O3. The molecule has 106 valence electrons. The summed E-state index contributed by atoms with van der Waals surface area (Å²) in [7, 11) is 0. The maximum Gasteiger partial charge on any atom is 0.419 e. The van der Waals surface area contributed by atoms with Crippen LogP contribution in [0.4, 0.5) is 17.6 Å². The van der Waals surface area contributed by atoms with Crippen molar-refractivity contribution in [2.45, 2.75) is 18.4 Å². The summed E-state index contributed by atoms with van der Waals surface area (Å²) in [5, 5.41) is 9.91. The van der Waals surface area contributed by atoms with E-state index in [-0.39, 0.29) is 18.8 Å². The average Bonchev–Trinajstić information content (AvgIpc) is 2.37. The van der Waals surface area contributed by atoms with Crippen molar-refractivity contribution in [1.29, 1.82) is 0 Å². The molecule has 1 aliphatic rings. The molecule has 7 heteroatoms. The van der Waals surface area contributed by atoms with Gasteiger partial charge in [0, 0.05) is 0 Å². The van der Waals surface area contributed by atoms with Gasteiger partial charge in [-0.15, -0.1) is 0 Å². The van der Waals surface area contributed by atoms with Crippen molar-refractivity contribution in [1.82, 2.24) is 0 Å². The minimum Gasteiger partial charge on any atom is -0.386 e. The van der Waals surface area contributed by atoms with Crippen molar-refractivity contribution < 1.29 is 32.1 Å². The van der Waals surface area contributed by atoms with E-state index in [4.69, 9.17) is 9.47 Å². The molecule has 2 atom stereocenters. The molecule has 2 unspecified atom stereocenters. The summed E-state index contributed by atoms with van der Waals surface area (Å²) in [5.74, 6) is -1.42. The summed E-state index contributed by atoms with van der Waals surface area (Å²) in [6.07, 6.45) is -6.68. The molecule has 0 bridgehead atoms. The molecular weight excluding hydrogens is 268 g/mol. The monoisotopic (exact) mass is 280 g/mol. The number of aliphatic hydroxyl groups excluding tert-OH is 1. The van der Waals surface area contributed by atoms with Gasteiger partial charge in [0.1, 0.15) is 18.0 Å². The molecule has 0 aliphatic carbocycles. The first-order chi connectivity index (χ1) is 8.89. The second-order valence-corrected chi connectivity index (χ2v) is 4.17. The lowest BCUT2D eigenvalue weighted by Gasteiger charge is -2.27. The quantitative estimate of drug-likeness (QED) is 0.845.